The monoisotopic (exact) mass is 445 g/mol. The summed E-state index contributed by atoms with van der Waals surface area (Å²) in [6, 6.07) is 8.75. The number of nitrogens with one attached hydrogen (secondary N) is 1. The summed E-state index contributed by atoms with van der Waals surface area (Å²) in [6.45, 7) is 4.52. The van der Waals surface area contributed by atoms with Crippen molar-refractivity contribution in [2.75, 3.05) is 5.32 Å². The van der Waals surface area contributed by atoms with Gasteiger partial charge in [-0.15, -0.1) is 5.10 Å². The zero-order chi connectivity index (χ0) is 19.8. The average molecular weight is 446 g/mol. The van der Waals surface area contributed by atoms with E-state index in [-0.39, 0.29) is 18.2 Å². The summed E-state index contributed by atoms with van der Waals surface area (Å²) < 4.78 is 13.8. The maximum Gasteiger partial charge on any atom is 0.437 e. The normalized spacial score (nSPS) is 11.2. The van der Waals surface area contributed by atoms with Gasteiger partial charge in [0.05, 0.1) is 11.0 Å². The molecule has 1 N–H and O–H groups in total. The SMILES string of the molecule is CCn1c(C)nc2cc(NC(=O)Cn3nc(-c4ccc(Br)o4)oc3=O)ccc21. The van der Waals surface area contributed by atoms with E-state index in [1.165, 1.54) is 0 Å². The molecule has 1 amide bonds. The minimum absolute atomic E-state index is 0.00509. The van der Waals surface area contributed by atoms with E-state index in [0.29, 0.717) is 10.4 Å². The topological polar surface area (TPSA) is 108 Å². The Hall–Kier alpha value is -3.14. The molecule has 144 valence electrons. The van der Waals surface area contributed by atoms with E-state index in [2.05, 4.69) is 42.8 Å². The number of carbonyl (C=O) groups excluding carboxylic acids is 1. The van der Waals surface area contributed by atoms with Crippen LogP contribution in [0, 0.1) is 6.92 Å². The summed E-state index contributed by atoms with van der Waals surface area (Å²) in [5, 5.41) is 6.75. The highest BCUT2D eigenvalue weighted by molar-refractivity contribution is 9.10. The Morgan fingerprint density at radius 1 is 1.25 bits per heavy atom. The van der Waals surface area contributed by atoms with Crippen molar-refractivity contribution in [2.45, 2.75) is 26.9 Å². The van der Waals surface area contributed by atoms with Crippen molar-refractivity contribution in [1.82, 2.24) is 19.3 Å². The quantitative estimate of drug-likeness (QED) is 0.505. The number of anilines is 1. The van der Waals surface area contributed by atoms with Crippen LogP contribution in [-0.2, 0) is 17.9 Å². The predicted octanol–water partition coefficient (Wildman–Crippen LogP) is 3.18. The van der Waals surface area contributed by atoms with Crippen LogP contribution < -0.4 is 11.1 Å². The third kappa shape index (κ3) is 3.38. The molecule has 0 saturated heterocycles. The number of aryl methyl sites for hydroxylation is 2. The first kappa shape index (κ1) is 18.2. The molecule has 0 aliphatic heterocycles. The van der Waals surface area contributed by atoms with Crippen molar-refractivity contribution in [3.63, 3.8) is 0 Å². The minimum atomic E-state index is -0.745. The van der Waals surface area contributed by atoms with Crippen LogP contribution >= 0.6 is 15.9 Å². The van der Waals surface area contributed by atoms with Gasteiger partial charge in [-0.2, -0.15) is 4.68 Å². The Kier molecular flexibility index (Phi) is 4.63. The highest BCUT2D eigenvalue weighted by atomic mass is 79.9. The summed E-state index contributed by atoms with van der Waals surface area (Å²) in [7, 11) is 0. The number of amides is 1. The second kappa shape index (κ2) is 7.12. The van der Waals surface area contributed by atoms with Crippen molar-refractivity contribution in [3.8, 4) is 11.7 Å². The lowest BCUT2D eigenvalue weighted by Gasteiger charge is -2.05. The van der Waals surface area contributed by atoms with Crippen LogP contribution in [0.2, 0.25) is 0 Å². The number of aromatic nitrogens is 4. The first-order chi connectivity index (χ1) is 13.4. The van der Waals surface area contributed by atoms with Gasteiger partial charge in [-0.1, -0.05) is 0 Å². The highest BCUT2D eigenvalue weighted by Gasteiger charge is 2.16. The van der Waals surface area contributed by atoms with Gasteiger partial charge in [-0.3, -0.25) is 4.79 Å². The first-order valence-electron chi connectivity index (χ1n) is 8.55. The van der Waals surface area contributed by atoms with E-state index in [0.717, 1.165) is 28.1 Å². The van der Waals surface area contributed by atoms with Gasteiger partial charge >= 0.3 is 5.76 Å². The van der Waals surface area contributed by atoms with Crippen LogP contribution in [-0.4, -0.2) is 25.2 Å². The van der Waals surface area contributed by atoms with Crippen molar-refractivity contribution < 1.29 is 13.6 Å². The van der Waals surface area contributed by atoms with Gasteiger partial charge in [0.1, 0.15) is 12.4 Å². The van der Waals surface area contributed by atoms with E-state index in [9.17, 15) is 9.59 Å². The van der Waals surface area contributed by atoms with E-state index in [1.54, 1.807) is 24.3 Å². The number of hydrogen-bond donors (Lipinski definition) is 1. The Labute approximate surface area is 167 Å². The smallest absolute Gasteiger partial charge is 0.437 e. The maximum atomic E-state index is 12.3. The summed E-state index contributed by atoms with van der Waals surface area (Å²) in [6.07, 6.45) is 0. The molecule has 0 radical (unpaired) electrons. The summed E-state index contributed by atoms with van der Waals surface area (Å²) in [5.74, 6) is 0.0483. The molecule has 0 bridgehead atoms. The molecule has 0 unspecified atom stereocenters. The maximum absolute atomic E-state index is 12.3. The number of imidazole rings is 1. The summed E-state index contributed by atoms with van der Waals surface area (Å²) >= 11 is 3.17. The second-order valence-corrected chi connectivity index (χ2v) is 6.87. The standard InChI is InChI=1S/C18H16BrN5O4/c1-3-23-10(2)20-12-8-11(4-5-13(12)23)21-16(25)9-24-18(26)28-17(22-24)14-6-7-15(19)27-14/h4-8H,3,9H2,1-2H3,(H,21,25). The number of furan rings is 1. The number of hydrogen-bond acceptors (Lipinski definition) is 6. The molecule has 3 heterocycles. The highest BCUT2D eigenvalue weighted by Crippen LogP contribution is 2.23. The van der Waals surface area contributed by atoms with E-state index >= 15 is 0 Å². The predicted molar refractivity (Wildman–Crippen MR) is 105 cm³/mol. The second-order valence-electron chi connectivity index (χ2n) is 6.09. The molecule has 0 fully saturated rings. The van der Waals surface area contributed by atoms with Crippen molar-refractivity contribution >= 4 is 38.6 Å². The van der Waals surface area contributed by atoms with Crippen molar-refractivity contribution in [2.24, 2.45) is 0 Å². The third-order valence-electron chi connectivity index (χ3n) is 4.22. The Balaban J connectivity index is 1.51. The van der Waals surface area contributed by atoms with Gasteiger partial charge in [0.2, 0.25) is 5.91 Å². The van der Waals surface area contributed by atoms with Gasteiger partial charge in [0, 0.05) is 12.2 Å². The van der Waals surface area contributed by atoms with E-state index < -0.39 is 11.7 Å². The van der Waals surface area contributed by atoms with Gasteiger partial charge in [-0.25, -0.2) is 9.78 Å². The molecule has 0 spiro atoms. The molecule has 4 rings (SSSR count). The molecular weight excluding hydrogens is 430 g/mol. The zero-order valence-electron chi connectivity index (χ0n) is 15.1. The van der Waals surface area contributed by atoms with Crippen molar-refractivity contribution in [3.05, 3.63) is 51.4 Å². The molecule has 28 heavy (non-hydrogen) atoms. The molecule has 0 aliphatic carbocycles. The fourth-order valence-electron chi connectivity index (χ4n) is 3.00. The van der Waals surface area contributed by atoms with Crippen LogP contribution in [0.5, 0.6) is 0 Å². The van der Waals surface area contributed by atoms with Crippen LogP contribution in [0.25, 0.3) is 22.7 Å². The lowest BCUT2D eigenvalue weighted by atomic mass is 10.2. The lowest BCUT2D eigenvalue weighted by molar-refractivity contribution is -0.117. The summed E-state index contributed by atoms with van der Waals surface area (Å²) in [5.41, 5.74) is 2.38. The molecule has 0 saturated carbocycles. The van der Waals surface area contributed by atoms with Crippen LogP contribution in [0.3, 0.4) is 0 Å². The molecule has 0 aliphatic rings. The molecule has 4 aromatic rings. The fourth-order valence-corrected chi connectivity index (χ4v) is 3.31. The van der Waals surface area contributed by atoms with Crippen LogP contribution in [0.1, 0.15) is 12.7 Å². The Morgan fingerprint density at radius 3 is 2.79 bits per heavy atom. The number of benzene rings is 1. The molecule has 10 heteroatoms. The molecule has 0 atom stereocenters. The summed E-state index contributed by atoms with van der Waals surface area (Å²) in [4.78, 5) is 28.8. The first-order valence-corrected chi connectivity index (χ1v) is 9.34. The average Bonchev–Trinajstić information content (AvgIpc) is 3.31. The van der Waals surface area contributed by atoms with Gasteiger partial charge in [-0.05, 0) is 60.1 Å². The number of halogens is 1. The number of fused-ring (bicyclic) bond motifs is 1. The van der Waals surface area contributed by atoms with Crippen LogP contribution in [0.4, 0.5) is 5.69 Å². The molecule has 1 aromatic carbocycles. The van der Waals surface area contributed by atoms with Gasteiger partial charge in [0.25, 0.3) is 5.89 Å². The fraction of sp³-hybridized carbons (Fsp3) is 0.222. The van der Waals surface area contributed by atoms with Gasteiger partial charge in [0.15, 0.2) is 10.4 Å². The Morgan fingerprint density at radius 2 is 2.07 bits per heavy atom. The Bertz CT molecular complexity index is 1230. The molecule has 3 aromatic heterocycles. The zero-order valence-corrected chi connectivity index (χ0v) is 16.7. The van der Waals surface area contributed by atoms with E-state index in [4.69, 9.17) is 8.83 Å². The molecular formula is C18H16BrN5O4. The minimum Gasteiger partial charge on any atom is -0.444 e. The lowest BCUT2D eigenvalue weighted by Crippen LogP contribution is -2.25. The van der Waals surface area contributed by atoms with Gasteiger partial charge < -0.3 is 18.7 Å². The molecule has 9 nitrogen and oxygen atoms in total. The van der Waals surface area contributed by atoms with E-state index in [1.807, 2.05) is 13.0 Å². The number of nitrogens with zero attached hydrogens (tertiary/aromatic N) is 4. The third-order valence-corrected chi connectivity index (χ3v) is 4.65. The number of rotatable bonds is 5. The largest absolute Gasteiger partial charge is 0.444 e. The number of carbonyl (C=O) groups is 1. The van der Waals surface area contributed by atoms with Crippen molar-refractivity contribution in [1.29, 1.82) is 0 Å². The van der Waals surface area contributed by atoms with Crippen LogP contribution in [0.15, 0.2) is 48.6 Å².